The second-order valence-corrected chi connectivity index (χ2v) is 5.57. The summed E-state index contributed by atoms with van der Waals surface area (Å²) in [4.78, 5) is 18.0. The molecule has 0 fully saturated rings. The molecule has 1 amide bonds. The van der Waals surface area contributed by atoms with Crippen molar-refractivity contribution in [3.05, 3.63) is 18.0 Å². The molecule has 1 N–H and O–H groups in total. The number of amides is 1. The SMILES string of the molecule is CC(C)(C)OC(=O)N1CCN=C(NCc2ccon2)C1. The molecule has 0 unspecified atom stereocenters. The number of carbonyl (C=O) groups excluding carboxylic acids is 1. The van der Waals surface area contributed by atoms with Crippen LogP contribution in [0.15, 0.2) is 21.8 Å². The Hall–Kier alpha value is -2.05. The molecule has 0 spiro atoms. The van der Waals surface area contributed by atoms with Crippen LogP contribution in [0.2, 0.25) is 0 Å². The van der Waals surface area contributed by atoms with E-state index in [9.17, 15) is 4.79 Å². The van der Waals surface area contributed by atoms with Crippen molar-refractivity contribution in [2.45, 2.75) is 32.9 Å². The zero-order chi connectivity index (χ0) is 14.6. The number of hydrogen-bond acceptors (Lipinski definition) is 6. The lowest BCUT2D eigenvalue weighted by atomic mass is 10.2. The third kappa shape index (κ3) is 4.25. The summed E-state index contributed by atoms with van der Waals surface area (Å²) in [7, 11) is 0. The lowest BCUT2D eigenvalue weighted by molar-refractivity contribution is 0.0276. The number of hydrogen-bond donors (Lipinski definition) is 1. The van der Waals surface area contributed by atoms with Crippen molar-refractivity contribution >= 4 is 11.9 Å². The monoisotopic (exact) mass is 280 g/mol. The molecule has 0 radical (unpaired) electrons. The fraction of sp³-hybridized carbons (Fsp3) is 0.615. The van der Waals surface area contributed by atoms with Gasteiger partial charge in [-0.1, -0.05) is 5.16 Å². The summed E-state index contributed by atoms with van der Waals surface area (Å²) in [6.45, 7) is 7.65. The van der Waals surface area contributed by atoms with E-state index in [-0.39, 0.29) is 6.09 Å². The van der Waals surface area contributed by atoms with Crippen LogP contribution in [0.5, 0.6) is 0 Å². The molecule has 7 nitrogen and oxygen atoms in total. The molecule has 1 aromatic heterocycles. The highest BCUT2D eigenvalue weighted by atomic mass is 16.6. The van der Waals surface area contributed by atoms with Gasteiger partial charge in [-0.05, 0) is 20.8 Å². The first kappa shape index (κ1) is 14.4. The highest BCUT2D eigenvalue weighted by molar-refractivity contribution is 5.87. The lowest BCUT2D eigenvalue weighted by Gasteiger charge is -2.29. The third-order valence-corrected chi connectivity index (χ3v) is 2.63. The molecule has 7 heteroatoms. The maximum atomic E-state index is 12.0. The molecule has 0 atom stereocenters. The van der Waals surface area contributed by atoms with Crippen LogP contribution in [0.3, 0.4) is 0 Å². The highest BCUT2D eigenvalue weighted by Crippen LogP contribution is 2.11. The topological polar surface area (TPSA) is 80.0 Å². The molecule has 1 aromatic rings. The van der Waals surface area contributed by atoms with Crippen molar-refractivity contribution in [2.75, 3.05) is 19.6 Å². The number of aliphatic imine (C=N–C) groups is 1. The number of ether oxygens (including phenoxy) is 1. The summed E-state index contributed by atoms with van der Waals surface area (Å²) in [5, 5.41) is 6.96. The van der Waals surface area contributed by atoms with Gasteiger partial charge in [-0.25, -0.2) is 4.79 Å². The Kier molecular flexibility index (Phi) is 4.26. The first-order chi connectivity index (χ1) is 9.44. The van der Waals surface area contributed by atoms with Crippen LogP contribution in [0.25, 0.3) is 0 Å². The van der Waals surface area contributed by atoms with E-state index < -0.39 is 5.60 Å². The summed E-state index contributed by atoms with van der Waals surface area (Å²) in [5.74, 6) is 0.755. The largest absolute Gasteiger partial charge is 0.444 e. The fourth-order valence-electron chi connectivity index (χ4n) is 1.73. The Morgan fingerprint density at radius 3 is 3.00 bits per heavy atom. The maximum Gasteiger partial charge on any atom is 0.410 e. The fourth-order valence-corrected chi connectivity index (χ4v) is 1.73. The Bertz CT molecular complexity index is 476. The molecular formula is C13H20N4O3. The Morgan fingerprint density at radius 2 is 2.35 bits per heavy atom. The minimum absolute atomic E-state index is 0.312. The molecule has 2 heterocycles. The number of carbonyl (C=O) groups is 1. The summed E-state index contributed by atoms with van der Waals surface area (Å²) in [6.07, 6.45) is 1.21. The standard InChI is InChI=1S/C13H20N4O3/c1-13(2,3)20-12(18)17-6-5-14-11(9-17)15-8-10-4-7-19-16-10/h4,7H,5-6,8-9H2,1-3H3,(H,14,15). The van der Waals surface area contributed by atoms with Crippen molar-refractivity contribution in [3.8, 4) is 0 Å². The number of amidine groups is 1. The van der Waals surface area contributed by atoms with Gasteiger partial charge in [0.05, 0.1) is 19.6 Å². The second kappa shape index (κ2) is 5.94. The normalized spacial score (nSPS) is 15.8. The Morgan fingerprint density at radius 1 is 1.55 bits per heavy atom. The highest BCUT2D eigenvalue weighted by Gasteiger charge is 2.24. The molecule has 20 heavy (non-hydrogen) atoms. The van der Waals surface area contributed by atoms with Crippen molar-refractivity contribution in [1.29, 1.82) is 0 Å². The minimum atomic E-state index is -0.486. The molecular weight excluding hydrogens is 260 g/mol. The molecule has 0 aliphatic carbocycles. The number of rotatable bonds is 2. The van der Waals surface area contributed by atoms with E-state index in [4.69, 9.17) is 9.26 Å². The molecule has 2 rings (SSSR count). The van der Waals surface area contributed by atoms with E-state index in [1.807, 2.05) is 20.8 Å². The summed E-state index contributed by atoms with van der Waals surface area (Å²) < 4.78 is 10.1. The molecule has 1 aliphatic heterocycles. The van der Waals surface area contributed by atoms with Gasteiger partial charge in [-0.3, -0.25) is 9.89 Å². The van der Waals surface area contributed by atoms with Gasteiger partial charge < -0.3 is 14.6 Å². The van der Waals surface area contributed by atoms with Crippen molar-refractivity contribution in [1.82, 2.24) is 15.4 Å². The molecule has 0 bridgehead atoms. The Labute approximate surface area is 118 Å². The predicted molar refractivity (Wildman–Crippen MR) is 73.5 cm³/mol. The zero-order valence-corrected chi connectivity index (χ0v) is 12.0. The molecule has 110 valence electrons. The molecule has 0 saturated carbocycles. The smallest absolute Gasteiger partial charge is 0.410 e. The van der Waals surface area contributed by atoms with Crippen LogP contribution in [0.4, 0.5) is 4.79 Å². The van der Waals surface area contributed by atoms with Gasteiger partial charge in [0.2, 0.25) is 0 Å². The van der Waals surface area contributed by atoms with E-state index in [0.717, 1.165) is 11.5 Å². The van der Waals surface area contributed by atoms with Gasteiger partial charge >= 0.3 is 6.09 Å². The number of nitrogens with one attached hydrogen (secondary N) is 1. The number of nitrogens with zero attached hydrogens (tertiary/aromatic N) is 3. The maximum absolute atomic E-state index is 12.0. The van der Waals surface area contributed by atoms with E-state index in [1.54, 1.807) is 11.0 Å². The van der Waals surface area contributed by atoms with Gasteiger partial charge in [0.1, 0.15) is 23.4 Å². The van der Waals surface area contributed by atoms with Crippen molar-refractivity contribution < 1.29 is 14.1 Å². The second-order valence-electron chi connectivity index (χ2n) is 5.57. The van der Waals surface area contributed by atoms with E-state index in [2.05, 4.69) is 15.5 Å². The first-order valence-corrected chi connectivity index (χ1v) is 6.58. The van der Waals surface area contributed by atoms with Crippen LogP contribution in [0.1, 0.15) is 26.5 Å². The average Bonchev–Trinajstić information content (AvgIpc) is 2.88. The van der Waals surface area contributed by atoms with Gasteiger partial charge in [-0.15, -0.1) is 0 Å². The zero-order valence-electron chi connectivity index (χ0n) is 12.0. The van der Waals surface area contributed by atoms with Crippen LogP contribution >= 0.6 is 0 Å². The van der Waals surface area contributed by atoms with Crippen LogP contribution in [-0.2, 0) is 11.3 Å². The van der Waals surface area contributed by atoms with E-state index in [1.165, 1.54) is 6.26 Å². The third-order valence-electron chi connectivity index (χ3n) is 2.63. The van der Waals surface area contributed by atoms with E-state index >= 15 is 0 Å². The van der Waals surface area contributed by atoms with Crippen molar-refractivity contribution in [2.24, 2.45) is 4.99 Å². The average molecular weight is 280 g/mol. The van der Waals surface area contributed by atoms with Gasteiger partial charge in [0.25, 0.3) is 0 Å². The molecule has 0 aromatic carbocycles. The van der Waals surface area contributed by atoms with Crippen LogP contribution in [-0.4, -0.2) is 47.2 Å². The Balaban J connectivity index is 1.84. The van der Waals surface area contributed by atoms with Gasteiger partial charge in [0.15, 0.2) is 0 Å². The summed E-state index contributed by atoms with van der Waals surface area (Å²) >= 11 is 0. The van der Waals surface area contributed by atoms with Crippen LogP contribution < -0.4 is 5.32 Å². The summed E-state index contributed by atoms with van der Waals surface area (Å²) in [6, 6.07) is 1.78. The lowest BCUT2D eigenvalue weighted by Crippen LogP contribution is -2.47. The van der Waals surface area contributed by atoms with Crippen molar-refractivity contribution in [3.63, 3.8) is 0 Å². The first-order valence-electron chi connectivity index (χ1n) is 6.58. The van der Waals surface area contributed by atoms with Gasteiger partial charge in [0, 0.05) is 12.6 Å². The summed E-state index contributed by atoms with van der Waals surface area (Å²) in [5.41, 5.74) is 0.307. The number of aromatic nitrogens is 1. The van der Waals surface area contributed by atoms with Gasteiger partial charge in [-0.2, -0.15) is 0 Å². The van der Waals surface area contributed by atoms with Crippen LogP contribution in [0, 0.1) is 0 Å². The minimum Gasteiger partial charge on any atom is -0.444 e. The molecule has 1 aliphatic rings. The molecule has 0 saturated heterocycles. The van der Waals surface area contributed by atoms with E-state index in [0.29, 0.717) is 26.2 Å². The predicted octanol–water partition coefficient (Wildman–Crippen LogP) is 1.41. The quantitative estimate of drug-likeness (QED) is 0.886.